The lowest BCUT2D eigenvalue weighted by Crippen LogP contribution is -2.51. The number of rotatable bonds is 6. The first kappa shape index (κ1) is 22.6. The number of benzene rings is 1. The third-order valence-corrected chi connectivity index (χ3v) is 6.46. The molecule has 0 spiro atoms. The molecule has 0 radical (unpaired) electrons. The van der Waals surface area contributed by atoms with Gasteiger partial charge in [-0.05, 0) is 23.6 Å². The number of hydrogen-bond donors (Lipinski definition) is 0. The van der Waals surface area contributed by atoms with E-state index in [9.17, 15) is 14.4 Å². The largest absolute Gasteiger partial charge is 0.378 e. The van der Waals surface area contributed by atoms with Crippen LogP contribution in [0, 0.1) is 0 Å². The van der Waals surface area contributed by atoms with Gasteiger partial charge in [0.15, 0.2) is 0 Å². The van der Waals surface area contributed by atoms with E-state index in [1.54, 1.807) is 9.80 Å². The number of hydrogen-bond acceptors (Lipinski definition) is 5. The number of piperazine rings is 1. The maximum Gasteiger partial charge on any atom is 0.253 e. The van der Waals surface area contributed by atoms with E-state index < -0.39 is 0 Å². The molecule has 0 aromatic heterocycles. The number of carbonyl (C=O) groups excluding carboxylic acids is 3. The molecule has 2 aliphatic rings. The van der Waals surface area contributed by atoms with Gasteiger partial charge in [-0.2, -0.15) is 0 Å². The molecule has 3 rings (SSSR count). The van der Waals surface area contributed by atoms with Crippen LogP contribution in [0.2, 0.25) is 0 Å². The van der Waals surface area contributed by atoms with Crippen molar-refractivity contribution in [3.05, 3.63) is 35.4 Å². The van der Waals surface area contributed by atoms with Crippen molar-refractivity contribution in [2.75, 3.05) is 64.0 Å². The quantitative estimate of drug-likeness (QED) is 0.683. The van der Waals surface area contributed by atoms with Crippen molar-refractivity contribution in [1.82, 2.24) is 14.7 Å². The Kier molecular flexibility index (Phi) is 8.16. The van der Waals surface area contributed by atoms with Crippen molar-refractivity contribution >= 4 is 29.5 Å². The average Bonchev–Trinajstić information content (AvgIpc) is 2.79. The van der Waals surface area contributed by atoms with E-state index in [-0.39, 0.29) is 17.7 Å². The van der Waals surface area contributed by atoms with Crippen molar-refractivity contribution < 1.29 is 19.1 Å². The van der Waals surface area contributed by atoms with Gasteiger partial charge in [-0.3, -0.25) is 14.4 Å². The normalized spacial score (nSPS) is 17.4. The summed E-state index contributed by atoms with van der Waals surface area (Å²) in [5, 5.41) is 0. The van der Waals surface area contributed by atoms with Gasteiger partial charge in [0.05, 0.1) is 24.7 Å². The third-order valence-electron chi connectivity index (χ3n) is 5.56. The van der Waals surface area contributed by atoms with Gasteiger partial charge in [0, 0.05) is 44.8 Å². The highest BCUT2D eigenvalue weighted by Crippen LogP contribution is 2.17. The third kappa shape index (κ3) is 5.98. The van der Waals surface area contributed by atoms with E-state index in [1.807, 2.05) is 29.2 Å². The van der Waals surface area contributed by atoms with Crippen LogP contribution in [0.5, 0.6) is 0 Å². The highest BCUT2D eigenvalue weighted by molar-refractivity contribution is 8.00. The Bertz CT molecular complexity index is 739. The van der Waals surface area contributed by atoms with E-state index in [0.29, 0.717) is 75.5 Å². The van der Waals surface area contributed by atoms with E-state index in [1.165, 1.54) is 17.3 Å². The zero-order valence-electron chi connectivity index (χ0n) is 17.8. The summed E-state index contributed by atoms with van der Waals surface area (Å²) in [7, 11) is 0. The Balaban J connectivity index is 1.39. The second-order valence-corrected chi connectivity index (χ2v) is 8.92. The molecule has 164 valence electrons. The average molecular weight is 434 g/mol. The van der Waals surface area contributed by atoms with Gasteiger partial charge in [0.2, 0.25) is 11.8 Å². The first-order valence-corrected chi connectivity index (χ1v) is 11.7. The monoisotopic (exact) mass is 433 g/mol. The molecule has 1 aromatic carbocycles. The molecule has 3 amide bonds. The molecule has 7 nitrogen and oxygen atoms in total. The summed E-state index contributed by atoms with van der Waals surface area (Å²) in [6.07, 6.45) is 0. The molecule has 0 N–H and O–H groups in total. The maximum absolute atomic E-state index is 12.7. The van der Waals surface area contributed by atoms with Crippen LogP contribution in [-0.2, 0) is 14.3 Å². The van der Waals surface area contributed by atoms with Crippen LogP contribution in [0.15, 0.2) is 24.3 Å². The second kappa shape index (κ2) is 10.8. The molecular formula is C22H31N3O4S. The van der Waals surface area contributed by atoms with Crippen LogP contribution >= 0.6 is 11.8 Å². The highest BCUT2D eigenvalue weighted by atomic mass is 32.2. The Morgan fingerprint density at radius 3 is 1.87 bits per heavy atom. The van der Waals surface area contributed by atoms with Crippen molar-refractivity contribution in [3.8, 4) is 0 Å². The standard InChI is InChI=1S/C22H31N3O4S/c1-17(2)18-3-5-19(6-4-18)22(28)25-9-7-23(8-10-25)20(26)15-30-16-21(27)24-11-13-29-14-12-24/h3-6,17H,7-16H2,1-2H3. The molecule has 0 atom stereocenters. The molecule has 1 aromatic rings. The predicted octanol–water partition coefficient (Wildman–Crippen LogP) is 1.69. The summed E-state index contributed by atoms with van der Waals surface area (Å²) >= 11 is 1.36. The SMILES string of the molecule is CC(C)c1ccc(C(=O)N2CCN(C(=O)CSCC(=O)N3CCOCC3)CC2)cc1. The smallest absolute Gasteiger partial charge is 0.253 e. The Labute approximate surface area is 182 Å². The molecular weight excluding hydrogens is 402 g/mol. The van der Waals surface area contributed by atoms with E-state index in [0.717, 1.165) is 0 Å². The summed E-state index contributed by atoms with van der Waals surface area (Å²) in [6.45, 7) is 8.82. The van der Waals surface area contributed by atoms with Gasteiger partial charge in [0.1, 0.15) is 0 Å². The van der Waals surface area contributed by atoms with Gasteiger partial charge >= 0.3 is 0 Å². The predicted molar refractivity (Wildman–Crippen MR) is 118 cm³/mol. The van der Waals surface area contributed by atoms with Crippen LogP contribution in [0.3, 0.4) is 0 Å². The van der Waals surface area contributed by atoms with Crippen LogP contribution < -0.4 is 0 Å². The Morgan fingerprint density at radius 2 is 1.33 bits per heavy atom. The van der Waals surface area contributed by atoms with Gasteiger partial charge in [0.25, 0.3) is 5.91 Å². The molecule has 2 saturated heterocycles. The van der Waals surface area contributed by atoms with Gasteiger partial charge in [-0.15, -0.1) is 11.8 Å². The van der Waals surface area contributed by atoms with E-state index >= 15 is 0 Å². The number of ether oxygens (including phenoxy) is 1. The fourth-order valence-electron chi connectivity index (χ4n) is 3.57. The highest BCUT2D eigenvalue weighted by Gasteiger charge is 2.25. The summed E-state index contributed by atoms with van der Waals surface area (Å²) in [5.74, 6) is 1.16. The number of carbonyl (C=O) groups is 3. The lowest BCUT2D eigenvalue weighted by molar-refractivity contribution is -0.132. The molecule has 8 heteroatoms. The molecule has 2 aliphatic heterocycles. The van der Waals surface area contributed by atoms with Gasteiger partial charge in [-0.25, -0.2) is 0 Å². The number of nitrogens with zero attached hydrogens (tertiary/aromatic N) is 3. The number of thioether (sulfide) groups is 1. The summed E-state index contributed by atoms with van der Waals surface area (Å²) in [5.41, 5.74) is 1.91. The minimum absolute atomic E-state index is 0.0166. The maximum atomic E-state index is 12.7. The lowest BCUT2D eigenvalue weighted by Gasteiger charge is -2.35. The van der Waals surface area contributed by atoms with E-state index in [2.05, 4.69) is 13.8 Å². The van der Waals surface area contributed by atoms with Crippen LogP contribution in [0.4, 0.5) is 0 Å². The van der Waals surface area contributed by atoms with Gasteiger partial charge in [-0.1, -0.05) is 26.0 Å². The minimum atomic E-state index is 0.0166. The molecule has 0 unspecified atom stereocenters. The van der Waals surface area contributed by atoms with Crippen molar-refractivity contribution in [3.63, 3.8) is 0 Å². The molecule has 30 heavy (non-hydrogen) atoms. The topological polar surface area (TPSA) is 70.2 Å². The molecule has 0 saturated carbocycles. The van der Waals surface area contributed by atoms with Crippen LogP contribution in [0.1, 0.15) is 35.7 Å². The van der Waals surface area contributed by atoms with Crippen LogP contribution in [-0.4, -0.2) is 96.4 Å². The van der Waals surface area contributed by atoms with Gasteiger partial charge < -0.3 is 19.4 Å². The fourth-order valence-corrected chi connectivity index (χ4v) is 4.39. The van der Waals surface area contributed by atoms with Crippen LogP contribution in [0.25, 0.3) is 0 Å². The lowest BCUT2D eigenvalue weighted by atomic mass is 10.0. The zero-order valence-corrected chi connectivity index (χ0v) is 18.7. The molecule has 2 fully saturated rings. The number of morpholine rings is 1. The summed E-state index contributed by atoms with van der Waals surface area (Å²) in [6, 6.07) is 7.79. The van der Waals surface area contributed by atoms with E-state index in [4.69, 9.17) is 4.74 Å². The summed E-state index contributed by atoms with van der Waals surface area (Å²) < 4.78 is 5.25. The van der Waals surface area contributed by atoms with Crippen molar-refractivity contribution in [2.45, 2.75) is 19.8 Å². The molecule has 2 heterocycles. The molecule has 0 bridgehead atoms. The Morgan fingerprint density at radius 1 is 0.833 bits per heavy atom. The van der Waals surface area contributed by atoms with Crippen molar-refractivity contribution in [1.29, 1.82) is 0 Å². The minimum Gasteiger partial charge on any atom is -0.378 e. The number of amides is 3. The molecule has 0 aliphatic carbocycles. The second-order valence-electron chi connectivity index (χ2n) is 7.94. The zero-order chi connectivity index (χ0) is 21.5. The fraction of sp³-hybridized carbons (Fsp3) is 0.591. The first-order chi connectivity index (χ1) is 14.5. The first-order valence-electron chi connectivity index (χ1n) is 10.6. The summed E-state index contributed by atoms with van der Waals surface area (Å²) in [4.78, 5) is 42.7. The Hall–Kier alpha value is -2.06. The van der Waals surface area contributed by atoms with Crippen molar-refractivity contribution in [2.24, 2.45) is 0 Å².